The Morgan fingerprint density at radius 2 is 1.71 bits per heavy atom. The van der Waals surface area contributed by atoms with Crippen molar-refractivity contribution in [3.8, 4) is 0 Å². The largest absolute Gasteiger partial charge is 0.391 e. The second-order valence-electron chi connectivity index (χ2n) is 5.92. The van der Waals surface area contributed by atoms with E-state index in [4.69, 9.17) is 5.73 Å². The molecule has 1 aliphatic heterocycles. The maximum Gasteiger partial charge on any atom is 0.242 e. The first-order valence-electron chi connectivity index (χ1n) is 7.56. The molecule has 21 heavy (non-hydrogen) atoms. The van der Waals surface area contributed by atoms with Gasteiger partial charge in [0.25, 0.3) is 0 Å². The van der Waals surface area contributed by atoms with Crippen molar-refractivity contribution in [1.82, 2.24) is 9.80 Å². The fourth-order valence-corrected chi connectivity index (χ4v) is 3.21. The summed E-state index contributed by atoms with van der Waals surface area (Å²) >= 11 is 0. The molecule has 0 aromatic carbocycles. The van der Waals surface area contributed by atoms with Crippen LogP contribution in [-0.4, -0.2) is 65.2 Å². The molecule has 1 heterocycles. The van der Waals surface area contributed by atoms with Gasteiger partial charge in [-0.2, -0.15) is 0 Å². The first-order valence-corrected chi connectivity index (χ1v) is 7.56. The highest BCUT2D eigenvalue weighted by atomic mass is 35.5. The number of aliphatic hydroxyl groups is 1. The molecule has 3 N–H and O–H groups in total. The van der Waals surface area contributed by atoms with E-state index < -0.39 is 12.1 Å². The Balaban J connectivity index is 0.00000200. The molecule has 0 spiro atoms. The Hall–Kier alpha value is -0.0700. The summed E-state index contributed by atoms with van der Waals surface area (Å²) < 4.78 is 0. The number of halogens is 2. The van der Waals surface area contributed by atoms with Gasteiger partial charge in [0.2, 0.25) is 5.91 Å². The molecule has 126 valence electrons. The molecule has 0 bridgehead atoms. The number of hydrogen-bond donors (Lipinski definition) is 2. The van der Waals surface area contributed by atoms with Crippen molar-refractivity contribution < 1.29 is 9.90 Å². The number of carbonyl (C=O) groups excluding carboxylic acids is 1. The highest BCUT2D eigenvalue weighted by Crippen LogP contribution is 2.24. The molecule has 1 saturated carbocycles. The van der Waals surface area contributed by atoms with Crippen LogP contribution in [0.3, 0.4) is 0 Å². The third-order valence-electron chi connectivity index (χ3n) is 4.49. The molecule has 5 nitrogen and oxygen atoms in total. The zero-order valence-corrected chi connectivity index (χ0v) is 14.4. The van der Waals surface area contributed by atoms with Crippen LogP contribution in [0.5, 0.6) is 0 Å². The fraction of sp³-hybridized carbons (Fsp3) is 0.929. The van der Waals surface area contributed by atoms with E-state index in [-0.39, 0.29) is 30.7 Å². The second-order valence-corrected chi connectivity index (χ2v) is 5.92. The van der Waals surface area contributed by atoms with Crippen LogP contribution in [0.2, 0.25) is 0 Å². The van der Waals surface area contributed by atoms with Crippen LogP contribution >= 0.6 is 24.8 Å². The molecule has 2 rings (SSSR count). The molecule has 0 aromatic rings. The van der Waals surface area contributed by atoms with Crippen molar-refractivity contribution in [2.45, 2.75) is 57.2 Å². The maximum atomic E-state index is 12.1. The lowest BCUT2D eigenvalue weighted by molar-refractivity contribution is -0.134. The van der Waals surface area contributed by atoms with Crippen LogP contribution in [0.25, 0.3) is 0 Å². The van der Waals surface area contributed by atoms with Crippen LogP contribution in [0, 0.1) is 0 Å². The predicted octanol–water partition coefficient (Wildman–Crippen LogP) is 1.01. The van der Waals surface area contributed by atoms with Gasteiger partial charge in [-0.3, -0.25) is 9.69 Å². The molecule has 1 aliphatic carbocycles. The molecule has 2 fully saturated rings. The van der Waals surface area contributed by atoms with Crippen molar-refractivity contribution in [2.75, 3.05) is 26.2 Å². The Bertz CT molecular complexity index is 313. The van der Waals surface area contributed by atoms with E-state index in [1.54, 1.807) is 6.92 Å². The van der Waals surface area contributed by atoms with Gasteiger partial charge in [0, 0.05) is 32.2 Å². The summed E-state index contributed by atoms with van der Waals surface area (Å²) in [6, 6.07) is -0.0569. The van der Waals surface area contributed by atoms with Gasteiger partial charge in [0.05, 0.1) is 6.10 Å². The van der Waals surface area contributed by atoms with Crippen molar-refractivity contribution in [1.29, 1.82) is 0 Å². The lowest BCUT2D eigenvalue weighted by atomic mass is 10.1. The van der Waals surface area contributed by atoms with Crippen LogP contribution in [0.4, 0.5) is 0 Å². The summed E-state index contributed by atoms with van der Waals surface area (Å²) in [6.45, 7) is 5.12. The van der Waals surface area contributed by atoms with Gasteiger partial charge >= 0.3 is 0 Å². The van der Waals surface area contributed by atoms with E-state index in [2.05, 4.69) is 4.90 Å². The molecular formula is C14H29Cl2N3O2. The molecular weight excluding hydrogens is 313 g/mol. The SMILES string of the molecule is C[C@@H](O)[C@H](N)C(=O)N1CCCN(C2CCCC2)CC1.Cl.Cl. The van der Waals surface area contributed by atoms with Crippen LogP contribution in [0.1, 0.15) is 39.0 Å². The summed E-state index contributed by atoms with van der Waals surface area (Å²) in [4.78, 5) is 16.5. The van der Waals surface area contributed by atoms with Crippen molar-refractivity contribution in [3.05, 3.63) is 0 Å². The number of carbonyl (C=O) groups is 1. The summed E-state index contributed by atoms with van der Waals surface area (Å²) in [6.07, 6.45) is 5.53. The van der Waals surface area contributed by atoms with Crippen LogP contribution < -0.4 is 5.73 Å². The van der Waals surface area contributed by atoms with Crippen molar-refractivity contribution in [2.24, 2.45) is 5.73 Å². The predicted molar refractivity (Wildman–Crippen MR) is 89.2 cm³/mol. The number of aliphatic hydroxyl groups excluding tert-OH is 1. The standard InChI is InChI=1S/C14H27N3O2.2ClH/c1-11(18)13(15)14(19)17-8-4-7-16(9-10-17)12-5-2-3-6-12;;/h11-13,18H,2-10,15H2,1H3;2*1H/t11-,13+;;/m1../s1. The number of hydrogen-bond acceptors (Lipinski definition) is 4. The van der Waals surface area contributed by atoms with Gasteiger partial charge < -0.3 is 15.7 Å². The first-order chi connectivity index (χ1) is 9.09. The molecule has 1 amide bonds. The van der Waals surface area contributed by atoms with Gasteiger partial charge in [-0.15, -0.1) is 24.8 Å². The Kier molecular flexibility index (Phi) is 9.81. The molecule has 2 atom stereocenters. The lowest BCUT2D eigenvalue weighted by Gasteiger charge is -2.28. The second kappa shape index (κ2) is 9.85. The zero-order valence-electron chi connectivity index (χ0n) is 12.7. The normalized spacial score (nSPS) is 23.7. The monoisotopic (exact) mass is 341 g/mol. The number of rotatable bonds is 3. The Labute approximate surface area is 140 Å². The molecule has 1 saturated heterocycles. The van der Waals surface area contributed by atoms with Crippen molar-refractivity contribution >= 4 is 30.7 Å². The van der Waals surface area contributed by atoms with Gasteiger partial charge in [-0.05, 0) is 26.2 Å². The van der Waals surface area contributed by atoms with E-state index in [1.165, 1.54) is 25.7 Å². The quantitative estimate of drug-likeness (QED) is 0.803. The number of nitrogens with zero attached hydrogens (tertiary/aromatic N) is 2. The van der Waals surface area contributed by atoms with E-state index in [9.17, 15) is 9.90 Å². The van der Waals surface area contributed by atoms with Crippen molar-refractivity contribution in [3.63, 3.8) is 0 Å². The van der Waals surface area contributed by atoms with Crippen LogP contribution in [-0.2, 0) is 4.79 Å². The van der Waals surface area contributed by atoms with E-state index >= 15 is 0 Å². The fourth-order valence-electron chi connectivity index (χ4n) is 3.21. The average Bonchev–Trinajstić information content (AvgIpc) is 2.81. The van der Waals surface area contributed by atoms with E-state index in [1.807, 2.05) is 4.90 Å². The Morgan fingerprint density at radius 1 is 1.10 bits per heavy atom. The molecule has 0 aromatic heterocycles. The molecule has 2 aliphatic rings. The molecule has 0 unspecified atom stereocenters. The number of nitrogens with two attached hydrogens (primary N) is 1. The highest BCUT2D eigenvalue weighted by Gasteiger charge is 2.29. The van der Waals surface area contributed by atoms with Gasteiger partial charge in [0.15, 0.2) is 0 Å². The summed E-state index contributed by atoms with van der Waals surface area (Å²) in [5, 5.41) is 9.43. The molecule has 7 heteroatoms. The van der Waals surface area contributed by atoms with E-state index in [0.717, 1.165) is 38.6 Å². The number of amides is 1. The highest BCUT2D eigenvalue weighted by molar-refractivity contribution is 5.85. The smallest absolute Gasteiger partial charge is 0.242 e. The first kappa shape index (κ1) is 20.9. The molecule has 0 radical (unpaired) electrons. The van der Waals surface area contributed by atoms with Gasteiger partial charge in [-0.1, -0.05) is 12.8 Å². The third-order valence-corrected chi connectivity index (χ3v) is 4.49. The Morgan fingerprint density at radius 3 is 2.29 bits per heavy atom. The minimum atomic E-state index is -0.780. The third kappa shape index (κ3) is 5.57. The summed E-state index contributed by atoms with van der Waals surface area (Å²) in [5.41, 5.74) is 5.74. The lowest BCUT2D eigenvalue weighted by Crippen LogP contribution is -2.50. The topological polar surface area (TPSA) is 69.8 Å². The van der Waals surface area contributed by atoms with Crippen LogP contribution in [0.15, 0.2) is 0 Å². The van der Waals surface area contributed by atoms with Gasteiger partial charge in [0.1, 0.15) is 6.04 Å². The average molecular weight is 342 g/mol. The minimum Gasteiger partial charge on any atom is -0.391 e. The van der Waals surface area contributed by atoms with Gasteiger partial charge in [-0.25, -0.2) is 0 Å². The summed E-state index contributed by atoms with van der Waals surface area (Å²) in [7, 11) is 0. The van der Waals surface area contributed by atoms with E-state index in [0.29, 0.717) is 0 Å². The maximum absolute atomic E-state index is 12.1. The summed E-state index contributed by atoms with van der Waals surface area (Å²) in [5.74, 6) is -0.108. The zero-order chi connectivity index (χ0) is 13.8. The minimum absolute atomic E-state index is 0.